The Labute approximate surface area is 186 Å². The summed E-state index contributed by atoms with van der Waals surface area (Å²) in [5.41, 5.74) is 2.84. The lowest BCUT2D eigenvalue weighted by Crippen LogP contribution is -2.50. The number of thiophene rings is 1. The van der Waals surface area contributed by atoms with Crippen molar-refractivity contribution in [3.63, 3.8) is 0 Å². The van der Waals surface area contributed by atoms with Gasteiger partial charge in [0.15, 0.2) is 5.11 Å². The van der Waals surface area contributed by atoms with Crippen LogP contribution in [0.15, 0.2) is 24.3 Å². The first-order valence-electron chi connectivity index (χ1n) is 10.5. The minimum atomic E-state index is -0.254. The molecule has 1 aromatic heterocycles. The topological polar surface area (TPSA) is 65.0 Å². The van der Waals surface area contributed by atoms with E-state index in [4.69, 9.17) is 17.0 Å². The van der Waals surface area contributed by atoms with Crippen molar-refractivity contribution in [3.8, 4) is 5.75 Å². The second kappa shape index (κ2) is 9.22. The normalized spacial score (nSPS) is 16.2. The molecule has 8 heteroatoms. The number of piperazine rings is 1. The van der Waals surface area contributed by atoms with E-state index in [0.29, 0.717) is 17.3 Å². The number of phenols is 1. The predicted molar refractivity (Wildman–Crippen MR) is 125 cm³/mol. The predicted octanol–water partition coefficient (Wildman–Crippen LogP) is 4.03. The van der Waals surface area contributed by atoms with E-state index in [1.807, 2.05) is 19.1 Å². The molecule has 0 spiro atoms. The van der Waals surface area contributed by atoms with Gasteiger partial charge in [-0.1, -0.05) is 6.07 Å². The van der Waals surface area contributed by atoms with E-state index in [1.165, 1.54) is 4.88 Å². The summed E-state index contributed by atoms with van der Waals surface area (Å²) in [7, 11) is 0. The second-order valence-electron chi connectivity index (χ2n) is 7.56. The van der Waals surface area contributed by atoms with Gasteiger partial charge in [-0.05, 0) is 62.5 Å². The minimum absolute atomic E-state index is 0.254. The van der Waals surface area contributed by atoms with Gasteiger partial charge in [-0.2, -0.15) is 0 Å². The molecule has 0 radical (unpaired) electrons. The Morgan fingerprint density at radius 2 is 2.00 bits per heavy atom. The number of nitrogens with zero attached hydrogens (tertiary/aromatic N) is 2. The lowest BCUT2D eigenvalue weighted by molar-refractivity contribution is 0.0526. The third-order valence-electron chi connectivity index (χ3n) is 5.63. The Hall–Kier alpha value is -2.32. The van der Waals surface area contributed by atoms with Crippen LogP contribution in [0.2, 0.25) is 0 Å². The summed E-state index contributed by atoms with van der Waals surface area (Å²) in [5.74, 6) is 0.0242. The van der Waals surface area contributed by atoms with Gasteiger partial charge in [-0.25, -0.2) is 4.79 Å². The summed E-state index contributed by atoms with van der Waals surface area (Å²) in [5, 5.41) is 14.5. The van der Waals surface area contributed by atoms with Crippen LogP contribution in [0.4, 0.5) is 10.7 Å². The number of anilines is 2. The average Bonchev–Trinajstić information content (AvgIpc) is 3.12. The van der Waals surface area contributed by atoms with Gasteiger partial charge in [-0.3, -0.25) is 0 Å². The molecule has 1 aromatic carbocycles. The first kappa shape index (κ1) is 20.9. The Morgan fingerprint density at radius 1 is 1.23 bits per heavy atom. The molecule has 6 nitrogen and oxygen atoms in total. The fourth-order valence-electron chi connectivity index (χ4n) is 4.11. The van der Waals surface area contributed by atoms with Crippen molar-refractivity contribution in [3.05, 3.63) is 40.3 Å². The van der Waals surface area contributed by atoms with Crippen molar-refractivity contribution in [2.75, 3.05) is 43.0 Å². The summed E-state index contributed by atoms with van der Waals surface area (Å²) < 4.78 is 5.34. The van der Waals surface area contributed by atoms with E-state index in [9.17, 15) is 9.90 Å². The smallest absolute Gasteiger partial charge is 0.341 e. The van der Waals surface area contributed by atoms with Gasteiger partial charge < -0.3 is 25.0 Å². The van der Waals surface area contributed by atoms with Crippen molar-refractivity contribution >= 4 is 45.3 Å². The molecule has 1 saturated heterocycles. The molecule has 2 heterocycles. The molecular weight excluding hydrogens is 418 g/mol. The first-order chi connectivity index (χ1) is 14.6. The standard InChI is InChI=1S/C22H27N3O3S2/c1-2-28-21(27)19-17-8-3-4-9-18(17)30-20(19)23-22(29)25-12-10-24(11-13-25)15-6-5-7-16(26)14-15/h5-7,14,26H,2-4,8-13H2,1H3,(H,23,29). The van der Waals surface area contributed by atoms with Gasteiger partial charge in [0.05, 0.1) is 12.2 Å². The van der Waals surface area contributed by atoms with Crippen molar-refractivity contribution in [2.24, 2.45) is 0 Å². The van der Waals surface area contributed by atoms with Crippen LogP contribution in [0.25, 0.3) is 0 Å². The number of phenolic OH excluding ortho intramolecular Hbond substituents is 1. The maximum absolute atomic E-state index is 12.6. The fourth-order valence-corrected chi connectivity index (χ4v) is 5.73. The molecule has 160 valence electrons. The highest BCUT2D eigenvalue weighted by atomic mass is 32.1. The number of hydrogen-bond donors (Lipinski definition) is 2. The number of thiocarbonyl (C=S) groups is 1. The van der Waals surface area contributed by atoms with Gasteiger partial charge in [0.2, 0.25) is 0 Å². The number of fused-ring (bicyclic) bond motifs is 1. The number of hydrogen-bond acceptors (Lipinski definition) is 6. The molecule has 0 bridgehead atoms. The van der Waals surface area contributed by atoms with Crippen LogP contribution in [0, 0.1) is 0 Å². The Morgan fingerprint density at radius 3 is 2.73 bits per heavy atom. The third kappa shape index (κ3) is 4.39. The lowest BCUT2D eigenvalue weighted by Gasteiger charge is -2.37. The van der Waals surface area contributed by atoms with Gasteiger partial charge in [0.25, 0.3) is 0 Å². The maximum atomic E-state index is 12.6. The number of aromatic hydroxyl groups is 1. The Balaban J connectivity index is 1.44. The molecule has 2 aromatic rings. The number of rotatable bonds is 4. The molecule has 0 unspecified atom stereocenters. The van der Waals surface area contributed by atoms with Gasteiger partial charge in [0.1, 0.15) is 10.8 Å². The number of carbonyl (C=O) groups is 1. The number of nitrogens with one attached hydrogen (secondary N) is 1. The molecule has 0 saturated carbocycles. The van der Waals surface area contributed by atoms with E-state index in [1.54, 1.807) is 23.5 Å². The molecule has 0 amide bonds. The van der Waals surface area contributed by atoms with E-state index in [-0.39, 0.29) is 11.7 Å². The molecule has 0 atom stereocenters. The zero-order valence-electron chi connectivity index (χ0n) is 17.1. The molecule has 30 heavy (non-hydrogen) atoms. The van der Waals surface area contributed by atoms with Crippen LogP contribution < -0.4 is 10.2 Å². The molecule has 1 fully saturated rings. The largest absolute Gasteiger partial charge is 0.508 e. The highest BCUT2D eigenvalue weighted by molar-refractivity contribution is 7.80. The SMILES string of the molecule is CCOC(=O)c1c(NC(=S)N2CCN(c3cccc(O)c3)CC2)sc2c1CCCC2. The van der Waals surface area contributed by atoms with Crippen LogP contribution in [0.1, 0.15) is 40.6 Å². The van der Waals surface area contributed by atoms with Crippen LogP contribution in [0.5, 0.6) is 5.75 Å². The average molecular weight is 446 g/mol. The van der Waals surface area contributed by atoms with Crippen molar-refractivity contribution in [1.82, 2.24) is 4.90 Å². The summed E-state index contributed by atoms with van der Waals surface area (Å²) in [4.78, 5) is 18.3. The summed E-state index contributed by atoms with van der Waals surface area (Å²) >= 11 is 7.34. The molecule has 4 rings (SSSR count). The Bertz CT molecular complexity index is 936. The maximum Gasteiger partial charge on any atom is 0.341 e. The Kier molecular flexibility index (Phi) is 6.43. The third-order valence-corrected chi connectivity index (χ3v) is 7.20. The van der Waals surface area contributed by atoms with Crippen molar-refractivity contribution < 1.29 is 14.6 Å². The van der Waals surface area contributed by atoms with E-state index >= 15 is 0 Å². The lowest BCUT2D eigenvalue weighted by atomic mass is 9.95. The minimum Gasteiger partial charge on any atom is -0.508 e. The number of benzene rings is 1. The zero-order valence-corrected chi connectivity index (χ0v) is 18.8. The van der Waals surface area contributed by atoms with Gasteiger partial charge in [0, 0.05) is 42.8 Å². The van der Waals surface area contributed by atoms with E-state index in [0.717, 1.165) is 68.1 Å². The number of aryl methyl sites for hydroxylation is 1. The van der Waals surface area contributed by atoms with Crippen molar-refractivity contribution in [2.45, 2.75) is 32.6 Å². The summed E-state index contributed by atoms with van der Waals surface area (Å²) in [6, 6.07) is 7.33. The zero-order chi connectivity index (χ0) is 21.1. The van der Waals surface area contributed by atoms with E-state index in [2.05, 4.69) is 15.1 Å². The molecule has 2 N–H and O–H groups in total. The molecule has 1 aliphatic heterocycles. The number of esters is 1. The van der Waals surface area contributed by atoms with E-state index < -0.39 is 0 Å². The van der Waals surface area contributed by atoms with Crippen LogP contribution in [-0.2, 0) is 17.6 Å². The van der Waals surface area contributed by atoms with Crippen LogP contribution in [0.3, 0.4) is 0 Å². The fraction of sp³-hybridized carbons (Fsp3) is 0.455. The summed E-state index contributed by atoms with van der Waals surface area (Å²) in [6.45, 7) is 5.39. The van der Waals surface area contributed by atoms with Crippen LogP contribution >= 0.6 is 23.6 Å². The van der Waals surface area contributed by atoms with Gasteiger partial charge >= 0.3 is 5.97 Å². The molecule has 2 aliphatic rings. The second-order valence-corrected chi connectivity index (χ2v) is 9.05. The van der Waals surface area contributed by atoms with Crippen molar-refractivity contribution in [1.29, 1.82) is 0 Å². The number of carbonyl (C=O) groups excluding carboxylic acids is 1. The molecule has 1 aliphatic carbocycles. The number of ether oxygens (including phenoxy) is 1. The summed E-state index contributed by atoms with van der Waals surface area (Å²) in [6.07, 6.45) is 4.22. The quantitative estimate of drug-likeness (QED) is 0.544. The van der Waals surface area contributed by atoms with Gasteiger partial charge in [-0.15, -0.1) is 11.3 Å². The monoisotopic (exact) mass is 445 g/mol. The highest BCUT2D eigenvalue weighted by Gasteiger charge is 2.28. The highest BCUT2D eigenvalue weighted by Crippen LogP contribution is 2.38. The van der Waals surface area contributed by atoms with Crippen LogP contribution in [-0.4, -0.2) is 53.9 Å². The molecular formula is C22H27N3O3S2. The first-order valence-corrected chi connectivity index (χ1v) is 11.7.